The van der Waals surface area contributed by atoms with E-state index >= 15 is 0 Å². The molecule has 6 heteroatoms. The first kappa shape index (κ1) is 19.4. The van der Waals surface area contributed by atoms with Gasteiger partial charge in [-0.25, -0.2) is 0 Å². The van der Waals surface area contributed by atoms with Gasteiger partial charge >= 0.3 is 0 Å². The summed E-state index contributed by atoms with van der Waals surface area (Å²) in [4.78, 5) is 26.6. The van der Waals surface area contributed by atoms with E-state index in [1.165, 1.54) is 15.4 Å². The number of likely N-dealkylation sites (N-methyl/N-ethyl adjacent to an activating group) is 1. The number of rotatable bonds is 6. The van der Waals surface area contributed by atoms with E-state index < -0.39 is 0 Å². The highest BCUT2D eigenvalue weighted by molar-refractivity contribution is 5.93. The summed E-state index contributed by atoms with van der Waals surface area (Å²) in [7, 11) is 1.67. The van der Waals surface area contributed by atoms with Gasteiger partial charge in [0, 0.05) is 12.7 Å². The summed E-state index contributed by atoms with van der Waals surface area (Å²) in [5, 5.41) is 5.70. The molecule has 25 heavy (non-hydrogen) atoms. The number of carbonyl (C=O) groups excluding carboxylic acids is 2. The monoisotopic (exact) mass is 348 g/mol. The Balaban J connectivity index is 1.83. The summed E-state index contributed by atoms with van der Waals surface area (Å²) in [6.07, 6.45) is 0. The smallest absolute Gasteiger partial charge is 0.282 e. The van der Waals surface area contributed by atoms with Crippen LogP contribution in [0.1, 0.15) is 32.3 Å². The molecule has 0 bridgehead atoms. The van der Waals surface area contributed by atoms with Crippen molar-refractivity contribution in [1.29, 1.82) is 0 Å². The molecule has 6 nitrogen and oxygen atoms in total. The number of quaternary nitrogens is 2. The zero-order chi connectivity index (χ0) is 18.4. The number of anilines is 1. The van der Waals surface area contributed by atoms with Crippen molar-refractivity contribution in [3.05, 3.63) is 29.8 Å². The van der Waals surface area contributed by atoms with Gasteiger partial charge in [0.05, 0.1) is 0 Å². The molecule has 0 aliphatic carbocycles. The number of hydrogen-bond donors (Lipinski definition) is 4. The summed E-state index contributed by atoms with van der Waals surface area (Å²) in [6, 6.07) is 7.99. The highest BCUT2D eigenvalue weighted by Crippen LogP contribution is 2.17. The summed E-state index contributed by atoms with van der Waals surface area (Å²) in [5.74, 6) is 0.623. The Bertz CT molecular complexity index is 578. The predicted octanol–water partition coefficient (Wildman–Crippen LogP) is -1.33. The third-order valence-corrected chi connectivity index (χ3v) is 5.14. The van der Waals surface area contributed by atoms with Crippen LogP contribution in [0.4, 0.5) is 5.69 Å². The maximum atomic E-state index is 12.5. The normalized spacial score (nSPS) is 21.6. The molecule has 0 spiro atoms. The summed E-state index contributed by atoms with van der Waals surface area (Å²) < 4.78 is 0. The van der Waals surface area contributed by atoms with E-state index in [2.05, 4.69) is 36.6 Å². The highest BCUT2D eigenvalue weighted by atomic mass is 16.2. The van der Waals surface area contributed by atoms with Gasteiger partial charge in [-0.05, 0) is 30.5 Å². The average molecular weight is 348 g/mol. The SMILES string of the molecule is CNC(=O)C[NH+]1CC[NH+]([C@H](C)C(=O)Nc2ccc(C(C)C)cc2)CC1. The van der Waals surface area contributed by atoms with E-state index in [9.17, 15) is 9.59 Å². The minimum absolute atomic E-state index is 0.0575. The van der Waals surface area contributed by atoms with Gasteiger partial charge in [-0.3, -0.25) is 9.59 Å². The minimum atomic E-state index is -0.0914. The molecule has 2 amide bonds. The number of nitrogens with one attached hydrogen (secondary N) is 4. The third-order valence-electron chi connectivity index (χ3n) is 5.14. The van der Waals surface area contributed by atoms with E-state index in [-0.39, 0.29) is 17.9 Å². The molecule has 1 aromatic carbocycles. The fourth-order valence-corrected chi connectivity index (χ4v) is 3.24. The molecule has 0 aromatic heterocycles. The van der Waals surface area contributed by atoms with Crippen LogP contribution < -0.4 is 20.4 Å². The van der Waals surface area contributed by atoms with E-state index in [1.807, 2.05) is 19.1 Å². The minimum Gasteiger partial charge on any atom is -0.354 e. The Morgan fingerprint density at radius 2 is 1.64 bits per heavy atom. The lowest BCUT2D eigenvalue weighted by Gasteiger charge is -2.32. The van der Waals surface area contributed by atoms with Crippen LogP contribution in [-0.2, 0) is 9.59 Å². The Labute approximate surface area is 150 Å². The fourth-order valence-electron chi connectivity index (χ4n) is 3.24. The van der Waals surface area contributed by atoms with Crippen molar-refractivity contribution in [3.8, 4) is 0 Å². The molecular weight excluding hydrogens is 316 g/mol. The number of benzene rings is 1. The van der Waals surface area contributed by atoms with Gasteiger partial charge in [-0.2, -0.15) is 0 Å². The number of carbonyl (C=O) groups is 2. The Kier molecular flexibility index (Phi) is 6.96. The molecule has 4 N–H and O–H groups in total. The maximum absolute atomic E-state index is 12.5. The summed E-state index contributed by atoms with van der Waals surface area (Å²) in [5.41, 5.74) is 2.12. The van der Waals surface area contributed by atoms with E-state index in [1.54, 1.807) is 7.05 Å². The molecule has 1 aliphatic heterocycles. The van der Waals surface area contributed by atoms with Crippen molar-refractivity contribution in [2.45, 2.75) is 32.7 Å². The van der Waals surface area contributed by atoms with Crippen LogP contribution in [0.2, 0.25) is 0 Å². The summed E-state index contributed by atoms with van der Waals surface area (Å²) >= 11 is 0. The Hall–Kier alpha value is -1.92. The topological polar surface area (TPSA) is 67.1 Å². The molecule has 0 saturated carbocycles. The fraction of sp³-hybridized carbons (Fsp3) is 0.579. The standard InChI is InChI=1S/C19H30N4O2/c1-14(2)16-5-7-17(8-6-16)21-19(25)15(3)23-11-9-22(10-12-23)13-18(24)20-4/h5-8,14-15H,9-13H2,1-4H3,(H,20,24)(H,21,25)/p+2/t15-/m1/s1. The van der Waals surface area contributed by atoms with Gasteiger partial charge in [0.1, 0.15) is 26.2 Å². The third kappa shape index (κ3) is 5.54. The van der Waals surface area contributed by atoms with Gasteiger partial charge in [0.25, 0.3) is 11.8 Å². The van der Waals surface area contributed by atoms with Crippen molar-refractivity contribution in [3.63, 3.8) is 0 Å². The molecule has 1 heterocycles. The molecular formula is C19H32N4O2+2. The largest absolute Gasteiger partial charge is 0.354 e. The van der Waals surface area contributed by atoms with Crippen LogP contribution >= 0.6 is 0 Å². The molecule has 1 saturated heterocycles. The molecule has 1 aliphatic rings. The van der Waals surface area contributed by atoms with Gasteiger partial charge < -0.3 is 20.4 Å². The lowest BCUT2D eigenvalue weighted by atomic mass is 10.0. The average Bonchev–Trinajstić information content (AvgIpc) is 2.62. The van der Waals surface area contributed by atoms with Crippen molar-refractivity contribution >= 4 is 17.5 Å². The summed E-state index contributed by atoms with van der Waals surface area (Å²) in [6.45, 7) is 10.5. The van der Waals surface area contributed by atoms with Crippen LogP contribution in [0.5, 0.6) is 0 Å². The second-order valence-corrected chi connectivity index (χ2v) is 7.25. The van der Waals surface area contributed by atoms with E-state index in [4.69, 9.17) is 0 Å². The van der Waals surface area contributed by atoms with Crippen LogP contribution in [0.3, 0.4) is 0 Å². The molecule has 0 unspecified atom stereocenters. The zero-order valence-corrected chi connectivity index (χ0v) is 15.8. The molecule has 1 fully saturated rings. The van der Waals surface area contributed by atoms with Crippen LogP contribution in [0, 0.1) is 0 Å². The first-order valence-corrected chi connectivity index (χ1v) is 9.20. The number of amides is 2. The van der Waals surface area contributed by atoms with Crippen molar-refractivity contribution in [2.24, 2.45) is 0 Å². The molecule has 1 atom stereocenters. The maximum Gasteiger partial charge on any atom is 0.282 e. The Morgan fingerprint density at radius 1 is 1.04 bits per heavy atom. The highest BCUT2D eigenvalue weighted by Gasteiger charge is 2.31. The molecule has 138 valence electrons. The van der Waals surface area contributed by atoms with Crippen molar-refractivity contribution in [2.75, 3.05) is 45.1 Å². The molecule has 2 rings (SSSR count). The first-order valence-electron chi connectivity index (χ1n) is 9.20. The Morgan fingerprint density at radius 3 is 2.16 bits per heavy atom. The number of hydrogen-bond acceptors (Lipinski definition) is 2. The number of piperazine rings is 1. The van der Waals surface area contributed by atoms with Crippen LogP contribution in [0.25, 0.3) is 0 Å². The second-order valence-electron chi connectivity index (χ2n) is 7.25. The quantitative estimate of drug-likeness (QED) is 0.515. The van der Waals surface area contributed by atoms with Crippen LogP contribution in [-0.4, -0.2) is 57.6 Å². The van der Waals surface area contributed by atoms with Gasteiger partial charge in [-0.15, -0.1) is 0 Å². The molecule has 0 radical (unpaired) electrons. The van der Waals surface area contributed by atoms with E-state index in [0.29, 0.717) is 12.5 Å². The van der Waals surface area contributed by atoms with Gasteiger partial charge in [-0.1, -0.05) is 26.0 Å². The van der Waals surface area contributed by atoms with Crippen molar-refractivity contribution < 1.29 is 19.4 Å². The van der Waals surface area contributed by atoms with E-state index in [0.717, 1.165) is 31.9 Å². The zero-order valence-electron chi connectivity index (χ0n) is 15.8. The van der Waals surface area contributed by atoms with Crippen molar-refractivity contribution in [1.82, 2.24) is 5.32 Å². The predicted molar refractivity (Wildman–Crippen MR) is 98.9 cm³/mol. The molecule has 1 aromatic rings. The van der Waals surface area contributed by atoms with Gasteiger partial charge in [0.2, 0.25) is 0 Å². The second kappa shape index (κ2) is 8.97. The lowest BCUT2D eigenvalue weighted by molar-refractivity contribution is -1.01. The first-order chi connectivity index (χ1) is 11.9. The van der Waals surface area contributed by atoms with Gasteiger partial charge in [0.15, 0.2) is 12.6 Å². The lowest BCUT2D eigenvalue weighted by Crippen LogP contribution is -3.30. The van der Waals surface area contributed by atoms with Crippen LogP contribution in [0.15, 0.2) is 24.3 Å².